The summed E-state index contributed by atoms with van der Waals surface area (Å²) in [6.07, 6.45) is 0. The third-order valence-corrected chi connectivity index (χ3v) is 1.95. The molecule has 0 bridgehead atoms. The summed E-state index contributed by atoms with van der Waals surface area (Å²) in [5.74, 6) is -0.978. The van der Waals surface area contributed by atoms with Gasteiger partial charge in [0.05, 0.1) is 6.04 Å². The quantitative estimate of drug-likeness (QED) is 0.526. The number of nitrogens with zero attached hydrogens (tertiary/aromatic N) is 1. The number of aliphatic carboxylic acids is 1. The van der Waals surface area contributed by atoms with Crippen molar-refractivity contribution in [2.45, 2.75) is 19.0 Å². The molecular formula is C7H12N2O3. The Hall–Kier alpha value is -1.10. The second-order valence-electron chi connectivity index (χ2n) is 3.00. The van der Waals surface area contributed by atoms with E-state index in [2.05, 4.69) is 5.32 Å². The van der Waals surface area contributed by atoms with Crippen LogP contribution in [0.1, 0.15) is 6.92 Å². The minimum atomic E-state index is -0.916. The Morgan fingerprint density at radius 2 is 2.33 bits per heavy atom. The van der Waals surface area contributed by atoms with E-state index in [1.54, 1.807) is 14.0 Å². The number of likely N-dealkylation sites (N-methyl/N-ethyl adjacent to an activating group) is 1. The fourth-order valence-corrected chi connectivity index (χ4v) is 1.27. The van der Waals surface area contributed by atoms with Crippen molar-refractivity contribution in [3.8, 4) is 0 Å². The number of hydrogen-bond donors (Lipinski definition) is 2. The van der Waals surface area contributed by atoms with Gasteiger partial charge in [0, 0.05) is 13.6 Å². The number of amides is 1. The molecule has 1 amide bonds. The molecule has 1 aliphatic heterocycles. The van der Waals surface area contributed by atoms with Crippen molar-refractivity contribution >= 4 is 11.9 Å². The molecule has 0 radical (unpaired) electrons. The van der Waals surface area contributed by atoms with Crippen LogP contribution in [0.3, 0.4) is 0 Å². The first kappa shape index (κ1) is 8.99. The summed E-state index contributed by atoms with van der Waals surface area (Å²) in [6, 6.07) is -1.03. The van der Waals surface area contributed by atoms with Gasteiger partial charge in [-0.2, -0.15) is 0 Å². The number of carboxylic acid groups (broad SMARTS) is 1. The van der Waals surface area contributed by atoms with E-state index in [0.717, 1.165) is 0 Å². The predicted octanol–water partition coefficient (Wildman–Crippen LogP) is -1.11. The van der Waals surface area contributed by atoms with E-state index < -0.39 is 18.1 Å². The highest BCUT2D eigenvalue weighted by Crippen LogP contribution is 2.03. The van der Waals surface area contributed by atoms with Gasteiger partial charge in [-0.3, -0.25) is 14.9 Å². The number of piperazine rings is 1. The molecule has 1 heterocycles. The third kappa shape index (κ3) is 1.55. The van der Waals surface area contributed by atoms with E-state index in [-0.39, 0.29) is 12.5 Å². The smallest absolute Gasteiger partial charge is 0.322 e. The van der Waals surface area contributed by atoms with Gasteiger partial charge in [-0.15, -0.1) is 0 Å². The molecule has 0 aromatic carbocycles. The highest BCUT2D eigenvalue weighted by molar-refractivity contribution is 5.85. The number of nitrogens with one attached hydrogen (secondary N) is 1. The van der Waals surface area contributed by atoms with E-state index in [1.165, 1.54) is 4.90 Å². The Morgan fingerprint density at radius 1 is 1.75 bits per heavy atom. The van der Waals surface area contributed by atoms with Crippen LogP contribution in [0.15, 0.2) is 0 Å². The highest BCUT2D eigenvalue weighted by Gasteiger charge is 2.32. The molecule has 0 aromatic heterocycles. The molecular weight excluding hydrogens is 160 g/mol. The maximum absolute atomic E-state index is 11.2. The van der Waals surface area contributed by atoms with Crippen LogP contribution in [-0.4, -0.2) is 47.6 Å². The van der Waals surface area contributed by atoms with Gasteiger partial charge in [0.1, 0.15) is 6.04 Å². The summed E-state index contributed by atoms with van der Waals surface area (Å²) >= 11 is 0. The summed E-state index contributed by atoms with van der Waals surface area (Å²) in [4.78, 5) is 23.1. The zero-order chi connectivity index (χ0) is 9.30. The molecule has 2 N–H and O–H groups in total. The Kier molecular flexibility index (Phi) is 2.32. The topological polar surface area (TPSA) is 69.6 Å². The first-order valence-electron chi connectivity index (χ1n) is 3.76. The van der Waals surface area contributed by atoms with Crippen LogP contribution in [0.25, 0.3) is 0 Å². The van der Waals surface area contributed by atoms with Crippen LogP contribution >= 0.6 is 0 Å². The van der Waals surface area contributed by atoms with Gasteiger partial charge >= 0.3 is 5.97 Å². The van der Waals surface area contributed by atoms with Crippen LogP contribution in [0.5, 0.6) is 0 Å². The Labute approximate surface area is 70.4 Å². The summed E-state index contributed by atoms with van der Waals surface area (Å²) in [5, 5.41) is 11.4. The lowest BCUT2D eigenvalue weighted by Gasteiger charge is -2.32. The predicted molar refractivity (Wildman–Crippen MR) is 41.7 cm³/mol. The minimum Gasteiger partial charge on any atom is -0.480 e. The number of carbonyl (C=O) groups excluding carboxylic acids is 1. The molecule has 1 fully saturated rings. The van der Waals surface area contributed by atoms with E-state index >= 15 is 0 Å². The Morgan fingerprint density at radius 3 is 2.75 bits per heavy atom. The molecule has 0 saturated carbocycles. The van der Waals surface area contributed by atoms with Gasteiger partial charge in [0.25, 0.3) is 0 Å². The number of carboxylic acids is 1. The largest absolute Gasteiger partial charge is 0.480 e. The van der Waals surface area contributed by atoms with Gasteiger partial charge in [0.2, 0.25) is 5.91 Å². The molecule has 0 aromatic rings. The van der Waals surface area contributed by atoms with Gasteiger partial charge in [-0.25, -0.2) is 0 Å². The molecule has 0 aliphatic carbocycles. The van der Waals surface area contributed by atoms with E-state index in [4.69, 9.17) is 5.11 Å². The van der Waals surface area contributed by atoms with Gasteiger partial charge in [0.15, 0.2) is 0 Å². The lowest BCUT2D eigenvalue weighted by molar-refractivity contribution is -0.145. The lowest BCUT2D eigenvalue weighted by atomic mass is 10.1. The van der Waals surface area contributed by atoms with Crippen molar-refractivity contribution in [2.75, 3.05) is 13.6 Å². The molecule has 68 valence electrons. The summed E-state index contributed by atoms with van der Waals surface area (Å²) in [6.45, 7) is 1.90. The molecule has 12 heavy (non-hydrogen) atoms. The van der Waals surface area contributed by atoms with Crippen LogP contribution in [0.2, 0.25) is 0 Å². The average Bonchev–Trinajstić information content (AvgIpc) is 1.99. The van der Waals surface area contributed by atoms with Crippen LogP contribution in [0, 0.1) is 0 Å². The van der Waals surface area contributed by atoms with E-state index in [9.17, 15) is 9.59 Å². The lowest BCUT2D eigenvalue weighted by Crippen LogP contribution is -2.60. The molecule has 2 atom stereocenters. The fourth-order valence-electron chi connectivity index (χ4n) is 1.27. The van der Waals surface area contributed by atoms with Crippen molar-refractivity contribution < 1.29 is 14.7 Å². The maximum Gasteiger partial charge on any atom is 0.322 e. The van der Waals surface area contributed by atoms with Gasteiger partial charge < -0.3 is 10.0 Å². The number of carbonyl (C=O) groups is 2. The molecule has 5 nitrogen and oxygen atoms in total. The van der Waals surface area contributed by atoms with Crippen LogP contribution in [-0.2, 0) is 9.59 Å². The van der Waals surface area contributed by atoms with E-state index in [1.807, 2.05) is 0 Å². The number of rotatable bonds is 1. The van der Waals surface area contributed by atoms with Gasteiger partial charge in [-0.1, -0.05) is 0 Å². The minimum absolute atomic E-state index is 0.0625. The van der Waals surface area contributed by atoms with Crippen LogP contribution in [0.4, 0.5) is 0 Å². The van der Waals surface area contributed by atoms with Crippen molar-refractivity contribution in [1.29, 1.82) is 0 Å². The zero-order valence-electron chi connectivity index (χ0n) is 7.07. The van der Waals surface area contributed by atoms with Gasteiger partial charge in [-0.05, 0) is 6.92 Å². The molecule has 1 saturated heterocycles. The summed E-state index contributed by atoms with van der Waals surface area (Å²) in [7, 11) is 1.61. The first-order valence-corrected chi connectivity index (χ1v) is 3.76. The van der Waals surface area contributed by atoms with Crippen molar-refractivity contribution in [1.82, 2.24) is 10.2 Å². The SMILES string of the molecule is CC1NC(C(=O)O)CN(C)C1=O. The maximum atomic E-state index is 11.2. The van der Waals surface area contributed by atoms with Crippen molar-refractivity contribution in [3.05, 3.63) is 0 Å². The Balaban J connectivity index is 2.65. The normalized spacial score (nSPS) is 30.5. The third-order valence-electron chi connectivity index (χ3n) is 1.95. The monoisotopic (exact) mass is 172 g/mol. The molecule has 1 rings (SSSR count). The second-order valence-corrected chi connectivity index (χ2v) is 3.00. The first-order chi connectivity index (χ1) is 5.52. The van der Waals surface area contributed by atoms with Crippen molar-refractivity contribution in [3.63, 3.8) is 0 Å². The molecule has 2 unspecified atom stereocenters. The van der Waals surface area contributed by atoms with Crippen molar-refractivity contribution in [2.24, 2.45) is 0 Å². The fraction of sp³-hybridized carbons (Fsp3) is 0.714. The molecule has 0 spiro atoms. The summed E-state index contributed by atoms with van der Waals surface area (Å²) in [5.41, 5.74) is 0. The van der Waals surface area contributed by atoms with Crippen LogP contribution < -0.4 is 5.32 Å². The molecule has 5 heteroatoms. The number of hydrogen-bond acceptors (Lipinski definition) is 3. The average molecular weight is 172 g/mol. The second kappa shape index (κ2) is 3.10. The van der Waals surface area contributed by atoms with E-state index in [0.29, 0.717) is 0 Å². The molecule has 1 aliphatic rings. The summed E-state index contributed by atoms with van der Waals surface area (Å²) < 4.78 is 0. The highest BCUT2D eigenvalue weighted by atomic mass is 16.4. The standard InChI is InChI=1S/C7H12N2O3/c1-4-6(10)9(2)3-5(8-4)7(11)12/h4-5,8H,3H2,1-2H3,(H,11,12). The Bertz CT molecular complexity index is 203. The zero-order valence-corrected chi connectivity index (χ0v) is 7.07.